The molecule has 0 radical (unpaired) electrons. The van der Waals surface area contributed by atoms with Gasteiger partial charge in [0.05, 0.1) is 5.39 Å². The first-order valence-electron chi connectivity index (χ1n) is 7.52. The van der Waals surface area contributed by atoms with Crippen molar-refractivity contribution in [3.05, 3.63) is 10.9 Å². The number of thioether (sulfide) groups is 1. The van der Waals surface area contributed by atoms with Crippen molar-refractivity contribution < 1.29 is 0 Å². The quantitative estimate of drug-likeness (QED) is 0.871. The van der Waals surface area contributed by atoms with Crippen molar-refractivity contribution in [1.82, 2.24) is 9.97 Å². The Hall–Kier alpha value is -1.01. The fraction of sp³-hybridized carbons (Fsp3) is 0.600. The Labute approximate surface area is 134 Å². The smallest absolute Gasteiger partial charge is 0.225 e. The molecule has 2 heterocycles. The molecule has 6 heteroatoms. The van der Waals surface area contributed by atoms with E-state index in [1.807, 2.05) is 18.8 Å². The zero-order valence-electron chi connectivity index (χ0n) is 12.8. The topological polar surface area (TPSA) is 49.8 Å². The minimum Gasteiger partial charge on any atom is -0.366 e. The number of nitrogens with zero attached hydrogens (tertiary/aromatic N) is 2. The van der Waals surface area contributed by atoms with Crippen LogP contribution in [0.3, 0.4) is 0 Å². The molecule has 2 unspecified atom stereocenters. The van der Waals surface area contributed by atoms with Crippen LogP contribution in [0.5, 0.6) is 0 Å². The predicted octanol–water partition coefficient (Wildman–Crippen LogP) is 3.99. The molecule has 1 fully saturated rings. The summed E-state index contributed by atoms with van der Waals surface area (Å²) in [4.78, 5) is 11.7. The number of nitrogens with one attached hydrogen (secondary N) is 2. The summed E-state index contributed by atoms with van der Waals surface area (Å²) in [5.74, 6) is 1.69. The maximum absolute atomic E-state index is 4.66. The Morgan fingerprint density at radius 3 is 2.95 bits per heavy atom. The van der Waals surface area contributed by atoms with E-state index in [-0.39, 0.29) is 0 Å². The van der Waals surface area contributed by atoms with Crippen molar-refractivity contribution in [3.8, 4) is 0 Å². The Morgan fingerprint density at radius 2 is 2.24 bits per heavy atom. The van der Waals surface area contributed by atoms with E-state index in [0.29, 0.717) is 17.2 Å². The molecule has 21 heavy (non-hydrogen) atoms. The van der Waals surface area contributed by atoms with Gasteiger partial charge >= 0.3 is 0 Å². The molecule has 1 aliphatic carbocycles. The third-order valence-corrected chi connectivity index (χ3v) is 6.44. The lowest BCUT2D eigenvalue weighted by Crippen LogP contribution is -2.26. The molecule has 0 bridgehead atoms. The Balaban J connectivity index is 1.97. The second kappa shape index (κ2) is 6.40. The first-order valence-corrected chi connectivity index (χ1v) is 9.63. The summed E-state index contributed by atoms with van der Waals surface area (Å²) in [6, 6.07) is 2.76. The lowest BCUT2D eigenvalue weighted by Gasteiger charge is -2.20. The molecule has 2 aromatic rings. The lowest BCUT2D eigenvalue weighted by atomic mass is 10.2. The predicted molar refractivity (Wildman–Crippen MR) is 94.9 cm³/mol. The van der Waals surface area contributed by atoms with Gasteiger partial charge in [0.25, 0.3) is 0 Å². The van der Waals surface area contributed by atoms with Crippen LogP contribution in [0.1, 0.15) is 31.1 Å². The van der Waals surface area contributed by atoms with E-state index in [1.54, 1.807) is 11.3 Å². The van der Waals surface area contributed by atoms with E-state index in [9.17, 15) is 0 Å². The summed E-state index contributed by atoms with van der Waals surface area (Å²) in [6.45, 7) is 2.19. The minimum atomic E-state index is 0.521. The van der Waals surface area contributed by atoms with Crippen molar-refractivity contribution >= 4 is 45.1 Å². The number of aromatic nitrogens is 2. The molecule has 4 nitrogen and oxygen atoms in total. The molecule has 1 aliphatic rings. The van der Waals surface area contributed by atoms with Gasteiger partial charge in [-0.2, -0.15) is 16.7 Å². The van der Waals surface area contributed by atoms with Gasteiger partial charge in [-0.1, -0.05) is 13.3 Å². The van der Waals surface area contributed by atoms with Gasteiger partial charge in [0.2, 0.25) is 5.95 Å². The molecular weight excluding hydrogens is 300 g/mol. The summed E-state index contributed by atoms with van der Waals surface area (Å²) in [6.07, 6.45) is 7.10. The highest BCUT2D eigenvalue weighted by Gasteiger charge is 2.27. The largest absolute Gasteiger partial charge is 0.366 e. The first kappa shape index (κ1) is 14.9. The van der Waals surface area contributed by atoms with Gasteiger partial charge in [-0.05, 0) is 31.6 Å². The molecule has 114 valence electrons. The summed E-state index contributed by atoms with van der Waals surface area (Å²) in [5, 5.41) is 8.63. The number of thiophene rings is 1. The zero-order valence-corrected chi connectivity index (χ0v) is 14.4. The Kier molecular flexibility index (Phi) is 4.54. The fourth-order valence-electron chi connectivity index (χ4n) is 2.92. The molecule has 0 aliphatic heterocycles. The standard InChI is InChI=1S/C15H22N4S2/c1-4-9-8-10-13(17-11-6-5-7-12(11)20-3)18-15(16-2)19-14(10)21-9/h8,11-12H,4-7H2,1-3H3,(H2,16,17,18,19). The maximum Gasteiger partial charge on any atom is 0.225 e. The van der Waals surface area contributed by atoms with E-state index in [0.717, 1.165) is 17.1 Å². The van der Waals surface area contributed by atoms with Crippen molar-refractivity contribution in [3.63, 3.8) is 0 Å². The average Bonchev–Trinajstić information content (AvgIpc) is 3.12. The summed E-state index contributed by atoms with van der Waals surface area (Å²) in [5.41, 5.74) is 0. The van der Waals surface area contributed by atoms with Crippen molar-refractivity contribution in [1.29, 1.82) is 0 Å². The number of hydrogen-bond donors (Lipinski definition) is 2. The molecule has 2 N–H and O–H groups in total. The number of rotatable bonds is 5. The molecule has 2 aromatic heterocycles. The highest BCUT2D eigenvalue weighted by molar-refractivity contribution is 7.99. The van der Waals surface area contributed by atoms with Crippen molar-refractivity contribution in [2.75, 3.05) is 23.9 Å². The van der Waals surface area contributed by atoms with Crippen LogP contribution in [0.4, 0.5) is 11.8 Å². The summed E-state index contributed by atoms with van der Waals surface area (Å²) < 4.78 is 0. The number of hydrogen-bond acceptors (Lipinski definition) is 6. The fourth-order valence-corrected chi connectivity index (χ4v) is 4.82. The monoisotopic (exact) mass is 322 g/mol. The normalized spacial score (nSPS) is 21.9. The average molecular weight is 323 g/mol. The number of fused-ring (bicyclic) bond motifs is 1. The Bertz CT molecular complexity index is 625. The van der Waals surface area contributed by atoms with Gasteiger partial charge in [-0.15, -0.1) is 11.3 Å². The Morgan fingerprint density at radius 1 is 1.38 bits per heavy atom. The molecule has 0 amide bonds. The minimum absolute atomic E-state index is 0.521. The van der Waals surface area contributed by atoms with Gasteiger partial charge in [-0.3, -0.25) is 0 Å². The lowest BCUT2D eigenvalue weighted by molar-refractivity contribution is 0.765. The van der Waals surface area contributed by atoms with Crippen molar-refractivity contribution in [2.45, 2.75) is 43.9 Å². The third kappa shape index (κ3) is 2.97. The van der Waals surface area contributed by atoms with Gasteiger partial charge in [-0.25, -0.2) is 4.98 Å². The molecule has 2 atom stereocenters. The van der Waals surface area contributed by atoms with Crippen LogP contribution in [0.25, 0.3) is 10.2 Å². The highest BCUT2D eigenvalue weighted by Crippen LogP contribution is 2.34. The molecule has 0 saturated heterocycles. The molecule has 3 rings (SSSR count). The van der Waals surface area contributed by atoms with Crippen LogP contribution < -0.4 is 10.6 Å². The third-order valence-electron chi connectivity index (χ3n) is 4.09. The van der Waals surface area contributed by atoms with E-state index in [1.165, 1.54) is 29.5 Å². The molecule has 0 spiro atoms. The van der Waals surface area contributed by atoms with Gasteiger partial charge < -0.3 is 10.6 Å². The number of anilines is 2. The summed E-state index contributed by atoms with van der Waals surface area (Å²) >= 11 is 3.74. The van der Waals surface area contributed by atoms with Gasteiger partial charge in [0.15, 0.2) is 0 Å². The first-order chi connectivity index (χ1) is 10.2. The van der Waals surface area contributed by atoms with Crippen molar-refractivity contribution in [2.24, 2.45) is 0 Å². The maximum atomic E-state index is 4.66. The van der Waals surface area contributed by atoms with Crippen LogP contribution in [-0.4, -0.2) is 34.6 Å². The van der Waals surface area contributed by atoms with Crippen LogP contribution in [0.15, 0.2) is 6.07 Å². The van der Waals surface area contributed by atoms with E-state index >= 15 is 0 Å². The highest BCUT2D eigenvalue weighted by atomic mass is 32.2. The molecule has 1 saturated carbocycles. The van der Waals surface area contributed by atoms with Gasteiger partial charge in [0, 0.05) is 23.2 Å². The molecule has 0 aromatic carbocycles. The summed E-state index contributed by atoms with van der Waals surface area (Å²) in [7, 11) is 1.87. The van der Waals surface area contributed by atoms with Crippen LogP contribution in [-0.2, 0) is 6.42 Å². The van der Waals surface area contributed by atoms with Crippen LogP contribution >= 0.6 is 23.1 Å². The van der Waals surface area contributed by atoms with Gasteiger partial charge in [0.1, 0.15) is 10.6 Å². The zero-order chi connectivity index (χ0) is 14.8. The SMILES string of the molecule is CCc1cc2c(NC3CCCC3SC)nc(NC)nc2s1. The van der Waals surface area contributed by atoms with E-state index < -0.39 is 0 Å². The van der Waals surface area contributed by atoms with Crippen LogP contribution in [0.2, 0.25) is 0 Å². The van der Waals surface area contributed by atoms with Crippen LogP contribution in [0, 0.1) is 0 Å². The molecular formula is C15H22N4S2. The number of aryl methyl sites for hydroxylation is 1. The second-order valence-corrected chi connectivity index (χ2v) is 7.58. The second-order valence-electron chi connectivity index (χ2n) is 5.39. The van der Waals surface area contributed by atoms with E-state index in [4.69, 9.17) is 0 Å². The van der Waals surface area contributed by atoms with E-state index in [2.05, 4.69) is 39.8 Å².